The van der Waals surface area contributed by atoms with Crippen LogP contribution in [0.4, 0.5) is 0 Å². The van der Waals surface area contributed by atoms with Gasteiger partial charge in [-0.1, -0.05) is 56.6 Å². The van der Waals surface area contributed by atoms with Gasteiger partial charge in [-0.05, 0) is 53.8 Å². The molecule has 0 aliphatic rings. The van der Waals surface area contributed by atoms with Crippen molar-refractivity contribution in [2.45, 2.75) is 33.1 Å². The van der Waals surface area contributed by atoms with E-state index >= 15 is 0 Å². The molecule has 0 atom stereocenters. The Balaban J connectivity index is 1.64. The number of benzene rings is 2. The highest BCUT2D eigenvalue weighted by Crippen LogP contribution is 2.26. The largest absolute Gasteiger partial charge is 0.455 e. The van der Waals surface area contributed by atoms with Gasteiger partial charge in [-0.2, -0.15) is 5.10 Å². The first-order chi connectivity index (χ1) is 13.2. The van der Waals surface area contributed by atoms with E-state index in [4.69, 9.17) is 16.0 Å². The Bertz CT molecular complexity index is 1010. The molecule has 3 aromatic rings. The first kappa shape index (κ1) is 19.9. The van der Waals surface area contributed by atoms with Crippen LogP contribution in [0.25, 0.3) is 11.3 Å². The molecule has 0 bridgehead atoms. The number of nitrogens with one attached hydrogen (secondary N) is 1. The Kier molecular flexibility index (Phi) is 5.71. The van der Waals surface area contributed by atoms with Crippen molar-refractivity contribution >= 4 is 23.7 Å². The van der Waals surface area contributed by atoms with Crippen LogP contribution < -0.4 is 5.43 Å². The van der Waals surface area contributed by atoms with E-state index in [9.17, 15) is 4.79 Å². The molecule has 1 heterocycles. The lowest BCUT2D eigenvalue weighted by atomic mass is 9.87. The standard InChI is InChI=1S/C23H23ClN2O2/c1-15-5-6-17(13-20(15)24)21-12-11-19(28-21)14-25-26-22(27)16-7-9-18(10-8-16)23(2,3)4/h5-14H,1-4H3,(H,26,27)/b25-14-. The van der Waals surface area contributed by atoms with E-state index in [0.717, 1.165) is 11.1 Å². The van der Waals surface area contributed by atoms with E-state index in [1.54, 1.807) is 18.2 Å². The predicted molar refractivity (Wildman–Crippen MR) is 114 cm³/mol. The fraction of sp³-hybridized carbons (Fsp3) is 0.217. The first-order valence-corrected chi connectivity index (χ1v) is 9.42. The summed E-state index contributed by atoms with van der Waals surface area (Å²) in [5.74, 6) is 0.955. The van der Waals surface area contributed by atoms with E-state index in [1.165, 1.54) is 11.8 Å². The number of hydrogen-bond donors (Lipinski definition) is 1. The molecule has 1 N–H and O–H groups in total. The summed E-state index contributed by atoms with van der Waals surface area (Å²) < 4.78 is 5.75. The van der Waals surface area contributed by atoms with Crippen LogP contribution in [-0.4, -0.2) is 12.1 Å². The minimum absolute atomic E-state index is 0.0475. The molecule has 0 fully saturated rings. The van der Waals surface area contributed by atoms with E-state index < -0.39 is 0 Å². The van der Waals surface area contributed by atoms with E-state index in [-0.39, 0.29) is 11.3 Å². The molecule has 0 saturated carbocycles. The average molecular weight is 395 g/mol. The highest BCUT2D eigenvalue weighted by Gasteiger charge is 2.14. The second-order valence-electron chi connectivity index (χ2n) is 7.69. The summed E-state index contributed by atoms with van der Waals surface area (Å²) in [7, 11) is 0. The number of nitrogens with zero attached hydrogens (tertiary/aromatic N) is 1. The molecule has 0 saturated heterocycles. The van der Waals surface area contributed by atoms with Gasteiger partial charge in [0.15, 0.2) is 0 Å². The van der Waals surface area contributed by atoms with Crippen LogP contribution in [0.15, 0.2) is 64.1 Å². The summed E-state index contributed by atoms with van der Waals surface area (Å²) in [5.41, 5.74) is 6.19. The third-order valence-electron chi connectivity index (χ3n) is 4.45. The molecule has 2 aromatic carbocycles. The summed E-state index contributed by atoms with van der Waals surface area (Å²) in [4.78, 5) is 12.2. The van der Waals surface area contributed by atoms with E-state index in [0.29, 0.717) is 22.1 Å². The van der Waals surface area contributed by atoms with Gasteiger partial charge in [0.1, 0.15) is 11.5 Å². The first-order valence-electron chi connectivity index (χ1n) is 9.04. The predicted octanol–water partition coefficient (Wildman–Crippen LogP) is 5.97. The van der Waals surface area contributed by atoms with Crippen molar-refractivity contribution in [2.75, 3.05) is 0 Å². The van der Waals surface area contributed by atoms with Gasteiger partial charge in [0.25, 0.3) is 5.91 Å². The normalized spacial score (nSPS) is 11.8. The lowest BCUT2D eigenvalue weighted by molar-refractivity contribution is 0.0955. The van der Waals surface area contributed by atoms with Crippen LogP contribution in [0.2, 0.25) is 5.02 Å². The number of amides is 1. The Morgan fingerprint density at radius 1 is 1.07 bits per heavy atom. The van der Waals surface area contributed by atoms with Crippen molar-refractivity contribution in [2.24, 2.45) is 5.10 Å². The van der Waals surface area contributed by atoms with E-state index in [1.807, 2.05) is 43.3 Å². The van der Waals surface area contributed by atoms with Gasteiger partial charge >= 0.3 is 0 Å². The van der Waals surface area contributed by atoms with Crippen LogP contribution in [0.3, 0.4) is 0 Å². The molecule has 5 heteroatoms. The van der Waals surface area contributed by atoms with Gasteiger partial charge in [-0.25, -0.2) is 5.43 Å². The molecule has 3 rings (SSSR count). The Labute approximate surface area is 170 Å². The van der Waals surface area contributed by atoms with Crippen molar-refractivity contribution in [1.29, 1.82) is 0 Å². The summed E-state index contributed by atoms with van der Waals surface area (Å²) in [6, 6.07) is 16.9. The van der Waals surface area contributed by atoms with Crippen molar-refractivity contribution < 1.29 is 9.21 Å². The molecule has 1 aromatic heterocycles. The van der Waals surface area contributed by atoms with Crippen LogP contribution >= 0.6 is 11.6 Å². The smallest absolute Gasteiger partial charge is 0.271 e. The molecule has 144 valence electrons. The molecule has 0 radical (unpaired) electrons. The second kappa shape index (κ2) is 8.03. The summed E-state index contributed by atoms with van der Waals surface area (Å²) in [6.45, 7) is 8.35. The van der Waals surface area contributed by atoms with Gasteiger partial charge < -0.3 is 4.42 Å². The molecule has 0 spiro atoms. The molecular weight excluding hydrogens is 372 g/mol. The average Bonchev–Trinajstić information content (AvgIpc) is 3.12. The zero-order valence-corrected chi connectivity index (χ0v) is 17.2. The Morgan fingerprint density at radius 3 is 2.43 bits per heavy atom. The third kappa shape index (κ3) is 4.70. The van der Waals surface area contributed by atoms with E-state index in [2.05, 4.69) is 31.3 Å². The highest BCUT2D eigenvalue weighted by atomic mass is 35.5. The number of furan rings is 1. The number of rotatable bonds is 4. The van der Waals surface area contributed by atoms with Crippen molar-refractivity contribution in [3.05, 3.63) is 82.1 Å². The number of hydrazone groups is 1. The number of carbonyl (C=O) groups excluding carboxylic acids is 1. The van der Waals surface area contributed by atoms with Crippen molar-refractivity contribution in [3.63, 3.8) is 0 Å². The van der Waals surface area contributed by atoms with Gasteiger partial charge in [-0.15, -0.1) is 0 Å². The fourth-order valence-electron chi connectivity index (χ4n) is 2.66. The highest BCUT2D eigenvalue weighted by molar-refractivity contribution is 6.31. The third-order valence-corrected chi connectivity index (χ3v) is 4.86. The molecule has 0 aliphatic heterocycles. The monoisotopic (exact) mass is 394 g/mol. The lowest BCUT2D eigenvalue weighted by Gasteiger charge is -2.18. The summed E-state index contributed by atoms with van der Waals surface area (Å²) >= 11 is 6.17. The molecule has 1 amide bonds. The SMILES string of the molecule is Cc1ccc(-c2ccc(/C=N\NC(=O)c3ccc(C(C)(C)C)cc3)o2)cc1Cl. The minimum Gasteiger partial charge on any atom is -0.455 e. The zero-order chi connectivity index (χ0) is 20.3. The maximum absolute atomic E-state index is 12.2. The fourth-order valence-corrected chi connectivity index (χ4v) is 2.84. The zero-order valence-electron chi connectivity index (χ0n) is 16.4. The molecule has 0 aliphatic carbocycles. The number of carbonyl (C=O) groups is 1. The molecule has 28 heavy (non-hydrogen) atoms. The quantitative estimate of drug-likeness (QED) is 0.437. The lowest BCUT2D eigenvalue weighted by Crippen LogP contribution is -2.18. The van der Waals surface area contributed by atoms with Crippen LogP contribution in [0.5, 0.6) is 0 Å². The van der Waals surface area contributed by atoms with Gasteiger partial charge in [-0.3, -0.25) is 4.79 Å². The van der Waals surface area contributed by atoms with Crippen molar-refractivity contribution in [3.8, 4) is 11.3 Å². The maximum atomic E-state index is 12.2. The van der Waals surface area contributed by atoms with Gasteiger partial charge in [0.05, 0.1) is 6.21 Å². The van der Waals surface area contributed by atoms with Gasteiger partial charge in [0.2, 0.25) is 0 Å². The topological polar surface area (TPSA) is 54.6 Å². The second-order valence-corrected chi connectivity index (χ2v) is 8.10. The molecule has 4 nitrogen and oxygen atoms in total. The maximum Gasteiger partial charge on any atom is 0.271 e. The summed E-state index contributed by atoms with van der Waals surface area (Å²) in [5, 5.41) is 4.67. The Morgan fingerprint density at radius 2 is 1.79 bits per heavy atom. The number of halogens is 1. The summed E-state index contributed by atoms with van der Waals surface area (Å²) in [6.07, 6.45) is 1.47. The minimum atomic E-state index is -0.270. The van der Waals surface area contributed by atoms with Crippen molar-refractivity contribution in [1.82, 2.24) is 5.43 Å². The molecular formula is C23H23ClN2O2. The Hall–Kier alpha value is -2.85. The van der Waals surface area contributed by atoms with Crippen LogP contribution in [0, 0.1) is 6.92 Å². The molecule has 0 unspecified atom stereocenters. The van der Waals surface area contributed by atoms with Crippen LogP contribution in [0.1, 0.15) is 48.0 Å². The van der Waals surface area contributed by atoms with Crippen LogP contribution in [-0.2, 0) is 5.41 Å². The number of hydrogen-bond acceptors (Lipinski definition) is 3. The van der Waals surface area contributed by atoms with Gasteiger partial charge in [0, 0.05) is 16.1 Å². The number of aryl methyl sites for hydroxylation is 1.